The summed E-state index contributed by atoms with van der Waals surface area (Å²) >= 11 is 0. The Morgan fingerprint density at radius 2 is 1.71 bits per heavy atom. The van der Waals surface area contributed by atoms with Crippen molar-refractivity contribution in [2.45, 2.75) is 74.1 Å². The second-order valence-corrected chi connectivity index (χ2v) is 9.89. The topological polar surface area (TPSA) is 76.2 Å². The zero-order valence-electron chi connectivity index (χ0n) is 26.0. The van der Waals surface area contributed by atoms with Crippen LogP contribution in [0.2, 0.25) is 0 Å². The maximum Gasteiger partial charge on any atom is 0.216 e. The van der Waals surface area contributed by atoms with Crippen molar-refractivity contribution in [3.05, 3.63) is 72.3 Å². The van der Waals surface area contributed by atoms with Crippen LogP contribution in [0.1, 0.15) is 77.0 Å². The van der Waals surface area contributed by atoms with E-state index in [2.05, 4.69) is 16.0 Å². The molecule has 4 aromatic rings. The predicted octanol–water partition coefficient (Wildman–Crippen LogP) is 8.80. The molecule has 4 rings (SSSR count). The van der Waals surface area contributed by atoms with E-state index in [0.29, 0.717) is 11.3 Å². The molecule has 1 N–H and O–H groups in total. The molecule has 0 atom stereocenters. The summed E-state index contributed by atoms with van der Waals surface area (Å²) in [6.07, 6.45) is 6.46. The zero-order chi connectivity index (χ0) is 29.7. The fourth-order valence-electron chi connectivity index (χ4n) is 4.01. The smallest absolute Gasteiger partial charge is 0.216 e. The molecule has 0 fully saturated rings. The van der Waals surface area contributed by atoms with Gasteiger partial charge in [0, 0.05) is 58.4 Å². The molecule has 0 aliphatic rings. The van der Waals surface area contributed by atoms with Gasteiger partial charge in [-0.15, -0.1) is 18.2 Å². The van der Waals surface area contributed by atoms with Gasteiger partial charge in [-0.3, -0.25) is 4.79 Å². The average molecular weight is 695 g/mol. The molecule has 6 heteroatoms. The summed E-state index contributed by atoms with van der Waals surface area (Å²) in [4.78, 5) is 20.7. The number of carbonyl (C=O) groups excluding carboxylic acids is 1. The number of aryl methyl sites for hydroxylation is 1. The number of rotatable bonds is 8. The first-order chi connectivity index (χ1) is 18.8. The Morgan fingerprint density at radius 3 is 2.29 bits per heavy atom. The summed E-state index contributed by atoms with van der Waals surface area (Å²) in [7, 11) is 0. The van der Waals surface area contributed by atoms with Gasteiger partial charge in [0.15, 0.2) is 5.78 Å². The van der Waals surface area contributed by atoms with Crippen LogP contribution in [0, 0.1) is 23.7 Å². The molecule has 5 nitrogen and oxygen atoms in total. The summed E-state index contributed by atoms with van der Waals surface area (Å²) in [6, 6.07) is 15.7. The largest absolute Gasteiger partial charge is 0.512 e. The number of hydrogen-bond donors (Lipinski definition) is 1. The molecule has 205 valence electrons. The number of furan rings is 1. The van der Waals surface area contributed by atoms with E-state index in [4.69, 9.17) is 8.53 Å². The minimum Gasteiger partial charge on any atom is -0.512 e. The van der Waals surface area contributed by atoms with Crippen molar-refractivity contribution < 1.29 is 38.5 Å². The molecule has 0 aliphatic carbocycles. The van der Waals surface area contributed by atoms with Crippen molar-refractivity contribution in [2.24, 2.45) is 10.8 Å². The SMILES string of the molecule is CCC(C)(CC)C(=O)/C=C(\O)C(C)(CC)CC.[2H]C([2H])([2H])c1ccc2c(n1)oc1c(-c3ccccn3)[c-]ccc12.[Ir]. The van der Waals surface area contributed by atoms with E-state index in [0.717, 1.165) is 47.7 Å². The Hall–Kier alpha value is -2.82. The molecule has 0 amide bonds. The average Bonchev–Trinajstić information content (AvgIpc) is 3.34. The van der Waals surface area contributed by atoms with E-state index in [1.165, 1.54) is 12.1 Å². The number of aliphatic hydroxyl groups is 1. The molecule has 0 bridgehead atoms. The summed E-state index contributed by atoms with van der Waals surface area (Å²) < 4.78 is 28.3. The number of benzene rings is 1. The van der Waals surface area contributed by atoms with Gasteiger partial charge in [0.05, 0.1) is 5.58 Å². The van der Waals surface area contributed by atoms with E-state index in [9.17, 15) is 9.90 Å². The standard InChI is InChI=1S/C17H11N2O.C15H28O2.Ir/c1-11-8-9-13-12-5-4-6-14(15-7-2-3-10-18-15)16(12)20-17(13)19-11;1-7-14(5,8-2)12(16)11-13(17)15(6,9-3)10-4;/h2-5,7-10H,1H3;11,16H,7-10H2,1-6H3;/q-1;;/b;12-11-;/i1D3;;. The molecule has 1 radical (unpaired) electrons. The van der Waals surface area contributed by atoms with Crippen molar-refractivity contribution in [1.82, 2.24) is 9.97 Å². The molecule has 0 spiro atoms. The Balaban J connectivity index is 0.000000296. The van der Waals surface area contributed by atoms with Gasteiger partial charge in [0.2, 0.25) is 5.71 Å². The predicted molar refractivity (Wildman–Crippen MR) is 151 cm³/mol. The first-order valence-corrected chi connectivity index (χ1v) is 12.9. The summed E-state index contributed by atoms with van der Waals surface area (Å²) in [5.74, 6) is 0.286. The molecule has 0 saturated carbocycles. The first kappa shape index (κ1) is 26.8. The number of carbonyl (C=O) groups is 1. The maximum atomic E-state index is 12.2. The van der Waals surface area contributed by atoms with Crippen LogP contribution in [0.25, 0.3) is 33.3 Å². The molecule has 0 unspecified atom stereocenters. The number of nitrogens with zero attached hydrogens (tertiary/aromatic N) is 2. The summed E-state index contributed by atoms with van der Waals surface area (Å²) in [6.45, 7) is 9.82. The fraction of sp³-hybridized carbons (Fsp3) is 0.406. The minimum atomic E-state index is -2.26. The van der Waals surface area contributed by atoms with Crippen molar-refractivity contribution in [2.75, 3.05) is 0 Å². The number of aliphatic hydroxyl groups excluding tert-OH is 1. The van der Waals surface area contributed by atoms with Crippen LogP contribution in [0.4, 0.5) is 0 Å². The van der Waals surface area contributed by atoms with Gasteiger partial charge >= 0.3 is 0 Å². The number of ketones is 1. The first-order valence-electron chi connectivity index (χ1n) is 14.4. The molecule has 38 heavy (non-hydrogen) atoms. The minimum absolute atomic E-state index is 0. The van der Waals surface area contributed by atoms with Crippen LogP contribution < -0.4 is 0 Å². The van der Waals surface area contributed by atoms with E-state index in [-0.39, 0.29) is 48.2 Å². The second kappa shape index (κ2) is 13.3. The van der Waals surface area contributed by atoms with Crippen LogP contribution in [0.3, 0.4) is 0 Å². The van der Waals surface area contributed by atoms with Gasteiger partial charge in [-0.25, -0.2) is 4.98 Å². The van der Waals surface area contributed by atoms with Crippen molar-refractivity contribution in [3.8, 4) is 11.3 Å². The van der Waals surface area contributed by atoms with Gasteiger partial charge in [0.25, 0.3) is 0 Å². The van der Waals surface area contributed by atoms with Crippen LogP contribution in [0.15, 0.2) is 64.9 Å². The third-order valence-electron chi connectivity index (χ3n) is 7.82. The molecular weight excluding hydrogens is 653 g/mol. The van der Waals surface area contributed by atoms with Crippen LogP contribution >= 0.6 is 0 Å². The third kappa shape index (κ3) is 6.59. The number of pyridine rings is 2. The van der Waals surface area contributed by atoms with E-state index in [1.54, 1.807) is 18.3 Å². The van der Waals surface area contributed by atoms with Gasteiger partial charge in [-0.1, -0.05) is 64.6 Å². The normalized spacial score (nSPS) is 13.6. The number of hydrogen-bond acceptors (Lipinski definition) is 5. The monoisotopic (exact) mass is 695 g/mol. The number of allylic oxidation sites excluding steroid dienone is 2. The summed E-state index contributed by atoms with van der Waals surface area (Å²) in [5.41, 5.74) is 1.81. The van der Waals surface area contributed by atoms with Gasteiger partial charge < -0.3 is 14.5 Å². The van der Waals surface area contributed by atoms with Crippen molar-refractivity contribution in [1.29, 1.82) is 0 Å². The summed E-state index contributed by atoms with van der Waals surface area (Å²) in [5, 5.41) is 11.8. The van der Waals surface area contributed by atoms with Crippen molar-refractivity contribution in [3.63, 3.8) is 0 Å². The molecular formula is C32H39IrN2O3-. The Labute approximate surface area is 244 Å². The molecule has 0 aliphatic heterocycles. The van der Waals surface area contributed by atoms with Gasteiger partial charge in [-0.2, -0.15) is 0 Å². The molecule has 0 saturated heterocycles. The van der Waals surface area contributed by atoms with E-state index < -0.39 is 6.85 Å². The zero-order valence-corrected chi connectivity index (χ0v) is 25.4. The molecule has 3 heterocycles. The van der Waals surface area contributed by atoms with Crippen LogP contribution in [0.5, 0.6) is 0 Å². The van der Waals surface area contributed by atoms with Crippen LogP contribution in [-0.2, 0) is 24.9 Å². The maximum absolute atomic E-state index is 12.2. The molecule has 3 aromatic heterocycles. The van der Waals surface area contributed by atoms with Gasteiger partial charge in [-0.05, 0) is 56.4 Å². The van der Waals surface area contributed by atoms with Gasteiger partial charge in [0.1, 0.15) is 5.76 Å². The second-order valence-electron chi connectivity index (χ2n) is 9.89. The van der Waals surface area contributed by atoms with Crippen LogP contribution in [-0.4, -0.2) is 20.9 Å². The fourth-order valence-corrected chi connectivity index (χ4v) is 4.01. The van der Waals surface area contributed by atoms with Crippen molar-refractivity contribution >= 4 is 27.9 Å². The Morgan fingerprint density at radius 1 is 1.03 bits per heavy atom. The Kier molecular flexibility index (Phi) is 9.37. The van der Waals surface area contributed by atoms with E-state index >= 15 is 0 Å². The number of aromatic nitrogens is 2. The third-order valence-corrected chi connectivity index (χ3v) is 7.82. The quantitative estimate of drug-likeness (QED) is 0.113. The Bertz CT molecular complexity index is 1490. The molecule has 1 aromatic carbocycles. The number of fused-ring (bicyclic) bond motifs is 3. The van der Waals surface area contributed by atoms with E-state index in [1.807, 2.05) is 65.8 Å².